The number of rotatable bonds is 11. The third-order valence-electron chi connectivity index (χ3n) is 5.18. The fourth-order valence-electron chi connectivity index (χ4n) is 3.45. The second-order valence-electron chi connectivity index (χ2n) is 7.78. The molecule has 0 bridgehead atoms. The van der Waals surface area contributed by atoms with Gasteiger partial charge in [0.05, 0.1) is 18.8 Å². The highest BCUT2D eigenvalue weighted by Crippen LogP contribution is 2.25. The molecule has 0 aliphatic rings. The third kappa shape index (κ3) is 7.14. The van der Waals surface area contributed by atoms with Gasteiger partial charge in [-0.05, 0) is 35.4 Å². The van der Waals surface area contributed by atoms with E-state index in [1.165, 1.54) is 5.56 Å². The molecule has 0 aromatic heterocycles. The predicted molar refractivity (Wildman–Crippen MR) is 136 cm³/mol. The van der Waals surface area contributed by atoms with Crippen LogP contribution in [0.15, 0.2) is 109 Å². The Morgan fingerprint density at radius 3 is 2.21 bits per heavy atom. The highest BCUT2D eigenvalue weighted by molar-refractivity contribution is 5.94. The van der Waals surface area contributed by atoms with E-state index in [0.29, 0.717) is 24.7 Å². The van der Waals surface area contributed by atoms with Crippen LogP contribution in [-0.4, -0.2) is 19.1 Å². The molecule has 5 nitrogen and oxygen atoms in total. The van der Waals surface area contributed by atoms with Crippen molar-refractivity contribution in [3.8, 4) is 11.5 Å². The number of anilines is 2. The zero-order chi connectivity index (χ0) is 23.4. The van der Waals surface area contributed by atoms with Gasteiger partial charge >= 0.3 is 0 Å². The van der Waals surface area contributed by atoms with Crippen molar-refractivity contribution in [2.75, 3.05) is 23.8 Å². The summed E-state index contributed by atoms with van der Waals surface area (Å²) in [6.07, 6.45) is 0.826. The quantitative estimate of drug-likeness (QED) is 0.296. The highest BCUT2D eigenvalue weighted by atomic mass is 16.5. The fraction of sp³-hybridized carbons (Fsp3) is 0.138. The van der Waals surface area contributed by atoms with Gasteiger partial charge in [-0.1, -0.05) is 78.9 Å². The lowest BCUT2D eigenvalue weighted by molar-refractivity contribution is -0.114. The number of nitrogens with one attached hydrogen (secondary N) is 2. The lowest BCUT2D eigenvalue weighted by Crippen LogP contribution is -2.22. The minimum Gasteiger partial charge on any atom is -0.493 e. The summed E-state index contributed by atoms with van der Waals surface area (Å²) in [7, 11) is 0. The molecule has 0 aliphatic heterocycles. The van der Waals surface area contributed by atoms with Gasteiger partial charge in [0.25, 0.3) is 0 Å². The van der Waals surface area contributed by atoms with Crippen molar-refractivity contribution in [2.45, 2.75) is 13.0 Å². The zero-order valence-corrected chi connectivity index (χ0v) is 18.9. The van der Waals surface area contributed by atoms with E-state index in [-0.39, 0.29) is 12.5 Å². The first kappa shape index (κ1) is 22.9. The van der Waals surface area contributed by atoms with Crippen LogP contribution in [0.5, 0.6) is 11.5 Å². The third-order valence-corrected chi connectivity index (χ3v) is 5.18. The molecule has 0 unspecified atom stereocenters. The SMILES string of the molecule is O=C(CNc1ccccc1OCc1ccccc1)Nc1cccc(OCCc2ccccc2)c1. The lowest BCUT2D eigenvalue weighted by Gasteiger charge is -2.14. The molecule has 0 spiro atoms. The molecule has 4 aromatic rings. The van der Waals surface area contributed by atoms with Crippen LogP contribution >= 0.6 is 0 Å². The van der Waals surface area contributed by atoms with Crippen LogP contribution < -0.4 is 20.1 Å². The molecule has 0 heterocycles. The van der Waals surface area contributed by atoms with E-state index in [0.717, 1.165) is 23.4 Å². The maximum absolute atomic E-state index is 12.5. The summed E-state index contributed by atoms with van der Waals surface area (Å²) in [4.78, 5) is 12.5. The van der Waals surface area contributed by atoms with Gasteiger partial charge in [0, 0.05) is 18.2 Å². The summed E-state index contributed by atoms with van der Waals surface area (Å²) in [6, 6.07) is 35.2. The smallest absolute Gasteiger partial charge is 0.243 e. The van der Waals surface area contributed by atoms with Gasteiger partial charge in [-0.25, -0.2) is 0 Å². The van der Waals surface area contributed by atoms with E-state index in [4.69, 9.17) is 9.47 Å². The van der Waals surface area contributed by atoms with Crippen molar-refractivity contribution in [2.24, 2.45) is 0 Å². The van der Waals surface area contributed by atoms with Crippen LogP contribution in [0.25, 0.3) is 0 Å². The molecule has 0 atom stereocenters. The monoisotopic (exact) mass is 452 g/mol. The van der Waals surface area contributed by atoms with E-state index >= 15 is 0 Å². The molecule has 0 radical (unpaired) electrons. The van der Waals surface area contributed by atoms with Crippen molar-refractivity contribution >= 4 is 17.3 Å². The van der Waals surface area contributed by atoms with Crippen LogP contribution in [0.3, 0.4) is 0 Å². The summed E-state index contributed by atoms with van der Waals surface area (Å²) < 4.78 is 11.8. The predicted octanol–water partition coefficient (Wildman–Crippen LogP) is 5.94. The Morgan fingerprint density at radius 1 is 0.706 bits per heavy atom. The second kappa shape index (κ2) is 12.1. The molecule has 1 amide bonds. The molecule has 172 valence electrons. The van der Waals surface area contributed by atoms with Crippen LogP contribution in [0.2, 0.25) is 0 Å². The van der Waals surface area contributed by atoms with Crippen molar-refractivity contribution in [1.82, 2.24) is 0 Å². The first-order valence-electron chi connectivity index (χ1n) is 11.3. The molecular formula is C29H28N2O3. The molecule has 4 aromatic carbocycles. The molecular weight excluding hydrogens is 424 g/mol. The van der Waals surface area contributed by atoms with Gasteiger partial charge in [0.1, 0.15) is 18.1 Å². The van der Waals surface area contributed by atoms with Gasteiger partial charge in [-0.15, -0.1) is 0 Å². The van der Waals surface area contributed by atoms with Crippen molar-refractivity contribution < 1.29 is 14.3 Å². The van der Waals surface area contributed by atoms with Gasteiger partial charge in [0.15, 0.2) is 0 Å². The standard InChI is InChI=1S/C29H28N2O3/c32-29(21-30-27-16-7-8-17-28(27)34-22-24-12-5-2-6-13-24)31-25-14-9-15-26(20-25)33-19-18-23-10-3-1-4-11-23/h1-17,20,30H,18-19,21-22H2,(H,31,32). The maximum Gasteiger partial charge on any atom is 0.243 e. The van der Waals surface area contributed by atoms with Gasteiger partial charge in [0.2, 0.25) is 5.91 Å². The number of ether oxygens (including phenoxy) is 2. The maximum atomic E-state index is 12.5. The molecule has 0 saturated heterocycles. The summed E-state index contributed by atoms with van der Waals surface area (Å²) in [5.74, 6) is 1.27. The number of hydrogen-bond donors (Lipinski definition) is 2. The van der Waals surface area contributed by atoms with Crippen molar-refractivity contribution in [3.63, 3.8) is 0 Å². The highest BCUT2D eigenvalue weighted by Gasteiger charge is 2.07. The van der Waals surface area contributed by atoms with Crippen LogP contribution in [0, 0.1) is 0 Å². The molecule has 2 N–H and O–H groups in total. The minimum atomic E-state index is -0.153. The average Bonchev–Trinajstić information content (AvgIpc) is 2.88. The van der Waals surface area contributed by atoms with Crippen LogP contribution in [0.1, 0.15) is 11.1 Å². The summed E-state index contributed by atoms with van der Waals surface area (Å²) in [5, 5.41) is 6.08. The Kier molecular flexibility index (Phi) is 8.17. The second-order valence-corrected chi connectivity index (χ2v) is 7.78. The Hall–Kier alpha value is -4.25. The number of benzene rings is 4. The number of hydrogen-bond acceptors (Lipinski definition) is 4. The number of para-hydroxylation sites is 2. The Balaban J connectivity index is 1.26. The van der Waals surface area contributed by atoms with E-state index in [9.17, 15) is 4.79 Å². The Bertz CT molecular complexity index is 1180. The molecule has 0 aliphatic carbocycles. The van der Waals surface area contributed by atoms with E-state index in [1.807, 2.05) is 97.1 Å². The van der Waals surface area contributed by atoms with E-state index in [2.05, 4.69) is 22.8 Å². The number of carbonyl (C=O) groups is 1. The number of amides is 1. The fourth-order valence-corrected chi connectivity index (χ4v) is 3.45. The van der Waals surface area contributed by atoms with E-state index < -0.39 is 0 Å². The molecule has 4 rings (SSSR count). The Morgan fingerprint density at radius 2 is 1.41 bits per heavy atom. The van der Waals surface area contributed by atoms with Gasteiger partial charge in [-0.3, -0.25) is 4.79 Å². The summed E-state index contributed by atoms with van der Waals surface area (Å²) >= 11 is 0. The molecule has 0 saturated carbocycles. The molecule has 34 heavy (non-hydrogen) atoms. The van der Waals surface area contributed by atoms with Crippen molar-refractivity contribution in [3.05, 3.63) is 120 Å². The topological polar surface area (TPSA) is 59.6 Å². The normalized spacial score (nSPS) is 10.4. The molecule has 0 fully saturated rings. The zero-order valence-electron chi connectivity index (χ0n) is 18.9. The van der Waals surface area contributed by atoms with Crippen molar-refractivity contribution in [1.29, 1.82) is 0 Å². The average molecular weight is 453 g/mol. The minimum absolute atomic E-state index is 0.116. The largest absolute Gasteiger partial charge is 0.493 e. The first-order valence-corrected chi connectivity index (χ1v) is 11.3. The van der Waals surface area contributed by atoms with Crippen LogP contribution in [0.4, 0.5) is 11.4 Å². The van der Waals surface area contributed by atoms with Crippen LogP contribution in [-0.2, 0) is 17.8 Å². The first-order chi connectivity index (χ1) is 16.8. The lowest BCUT2D eigenvalue weighted by atomic mass is 10.2. The van der Waals surface area contributed by atoms with Gasteiger partial charge in [-0.2, -0.15) is 0 Å². The van der Waals surface area contributed by atoms with Gasteiger partial charge < -0.3 is 20.1 Å². The summed E-state index contributed by atoms with van der Waals surface area (Å²) in [6.45, 7) is 1.15. The Labute approximate surface area is 200 Å². The summed E-state index contributed by atoms with van der Waals surface area (Å²) in [5.41, 5.74) is 3.77. The van der Waals surface area contributed by atoms with E-state index in [1.54, 1.807) is 0 Å². The molecule has 5 heteroatoms. The number of carbonyl (C=O) groups excluding carboxylic acids is 1.